The third-order valence-corrected chi connectivity index (χ3v) is 2.19. The summed E-state index contributed by atoms with van der Waals surface area (Å²) in [6.45, 7) is 3.74. The van der Waals surface area contributed by atoms with Crippen molar-refractivity contribution in [3.63, 3.8) is 0 Å². The first-order valence-corrected chi connectivity index (χ1v) is 5.27. The molecule has 0 unspecified atom stereocenters. The molecule has 7 heteroatoms. The first-order chi connectivity index (χ1) is 8.04. The van der Waals surface area contributed by atoms with Gasteiger partial charge < -0.3 is 4.98 Å². The number of carbonyl (C=O) groups is 1. The number of hydroxylamine groups is 1. The third kappa shape index (κ3) is 3.87. The minimum atomic E-state index is -0.546. The van der Waals surface area contributed by atoms with Crippen LogP contribution in [0.15, 0.2) is 9.59 Å². The van der Waals surface area contributed by atoms with Crippen molar-refractivity contribution in [3.8, 4) is 0 Å². The highest BCUT2D eigenvalue weighted by atomic mass is 16.6. The molecule has 1 aromatic heterocycles. The lowest BCUT2D eigenvalue weighted by Gasteiger charge is -2.05. The van der Waals surface area contributed by atoms with Gasteiger partial charge in [-0.25, -0.2) is 10.3 Å². The molecule has 1 aromatic rings. The number of hydrogen-bond donors (Lipinski definition) is 3. The Bertz CT molecular complexity index is 503. The molecule has 1 heterocycles. The maximum atomic E-state index is 11.4. The Morgan fingerprint density at radius 1 is 1.35 bits per heavy atom. The molecule has 0 aliphatic rings. The van der Waals surface area contributed by atoms with E-state index in [1.165, 1.54) is 0 Å². The average Bonchev–Trinajstić information content (AvgIpc) is 2.24. The summed E-state index contributed by atoms with van der Waals surface area (Å²) in [6, 6.07) is 0. The van der Waals surface area contributed by atoms with Crippen molar-refractivity contribution < 1.29 is 9.63 Å². The fourth-order valence-corrected chi connectivity index (χ4v) is 1.37. The normalized spacial score (nSPS) is 10.2. The Labute approximate surface area is 97.2 Å². The molecular weight excluding hydrogens is 226 g/mol. The van der Waals surface area contributed by atoms with E-state index in [0.717, 1.165) is 0 Å². The van der Waals surface area contributed by atoms with Crippen molar-refractivity contribution in [2.24, 2.45) is 0 Å². The zero-order chi connectivity index (χ0) is 12.8. The van der Waals surface area contributed by atoms with Crippen LogP contribution in [0.1, 0.15) is 24.6 Å². The highest BCUT2D eigenvalue weighted by Crippen LogP contribution is 1.99. The van der Waals surface area contributed by atoms with E-state index in [4.69, 9.17) is 4.84 Å². The largest absolute Gasteiger partial charge is 0.325 e. The predicted molar refractivity (Wildman–Crippen MR) is 60.5 cm³/mol. The molecule has 94 valence electrons. The SMILES string of the molecule is CCONC(=O)CCc1c(C)[nH]c(=O)[nH]c1=O. The number of rotatable bonds is 5. The second-order valence-electron chi connectivity index (χ2n) is 3.47. The Morgan fingerprint density at radius 3 is 2.65 bits per heavy atom. The van der Waals surface area contributed by atoms with Crippen molar-refractivity contribution in [2.45, 2.75) is 26.7 Å². The fourth-order valence-electron chi connectivity index (χ4n) is 1.37. The van der Waals surface area contributed by atoms with Crippen LogP contribution in [0.5, 0.6) is 0 Å². The fraction of sp³-hybridized carbons (Fsp3) is 0.500. The first kappa shape index (κ1) is 13.2. The van der Waals surface area contributed by atoms with Gasteiger partial charge in [0.25, 0.3) is 5.56 Å². The van der Waals surface area contributed by atoms with E-state index in [1.54, 1.807) is 13.8 Å². The van der Waals surface area contributed by atoms with Gasteiger partial charge in [-0.1, -0.05) is 0 Å². The van der Waals surface area contributed by atoms with E-state index in [2.05, 4.69) is 15.4 Å². The van der Waals surface area contributed by atoms with Crippen molar-refractivity contribution >= 4 is 5.91 Å². The molecule has 7 nitrogen and oxygen atoms in total. The van der Waals surface area contributed by atoms with Crippen LogP contribution in [0.4, 0.5) is 0 Å². The minimum Gasteiger partial charge on any atom is -0.311 e. The number of hydrogen-bond acceptors (Lipinski definition) is 4. The van der Waals surface area contributed by atoms with Crippen LogP contribution in [0.3, 0.4) is 0 Å². The number of amides is 1. The minimum absolute atomic E-state index is 0.121. The van der Waals surface area contributed by atoms with Gasteiger partial charge in [0.05, 0.1) is 6.61 Å². The molecule has 1 rings (SSSR count). The molecular formula is C10H15N3O4. The molecule has 0 fully saturated rings. The summed E-state index contributed by atoms with van der Waals surface area (Å²) in [6.07, 6.45) is 0.368. The predicted octanol–water partition coefficient (Wildman–Crippen LogP) is -0.628. The standard InChI is InChI=1S/C10H15N3O4/c1-3-17-13-8(14)5-4-7-6(2)11-10(16)12-9(7)15/h3-5H2,1-2H3,(H,13,14)(H2,11,12,15,16). The number of aryl methyl sites for hydroxylation is 1. The number of carbonyl (C=O) groups excluding carboxylic acids is 1. The van der Waals surface area contributed by atoms with E-state index in [9.17, 15) is 14.4 Å². The van der Waals surface area contributed by atoms with Gasteiger partial charge in [-0.2, -0.15) is 0 Å². The van der Waals surface area contributed by atoms with Crippen LogP contribution in [0, 0.1) is 6.92 Å². The number of aromatic nitrogens is 2. The van der Waals surface area contributed by atoms with E-state index >= 15 is 0 Å². The lowest BCUT2D eigenvalue weighted by atomic mass is 10.1. The first-order valence-electron chi connectivity index (χ1n) is 5.27. The Kier molecular flexibility index (Phi) is 4.65. The molecule has 0 saturated carbocycles. The Hall–Kier alpha value is -1.89. The number of H-pyrrole nitrogens is 2. The summed E-state index contributed by atoms with van der Waals surface area (Å²) in [5.74, 6) is -0.308. The topological polar surface area (TPSA) is 104 Å². The number of nitrogens with one attached hydrogen (secondary N) is 3. The van der Waals surface area contributed by atoms with Crippen LogP contribution in [0.2, 0.25) is 0 Å². The molecule has 0 aromatic carbocycles. The zero-order valence-corrected chi connectivity index (χ0v) is 9.75. The summed E-state index contributed by atoms with van der Waals surface area (Å²) >= 11 is 0. The summed E-state index contributed by atoms with van der Waals surface area (Å²) < 4.78 is 0. The molecule has 0 atom stereocenters. The van der Waals surface area contributed by atoms with E-state index in [0.29, 0.717) is 17.9 Å². The smallest absolute Gasteiger partial charge is 0.311 e. The average molecular weight is 241 g/mol. The van der Waals surface area contributed by atoms with Crippen molar-refractivity contribution in [1.82, 2.24) is 15.4 Å². The van der Waals surface area contributed by atoms with Gasteiger partial charge in [-0.3, -0.25) is 19.4 Å². The Balaban J connectivity index is 2.67. The van der Waals surface area contributed by atoms with Gasteiger partial charge in [-0.15, -0.1) is 0 Å². The zero-order valence-electron chi connectivity index (χ0n) is 9.75. The van der Waals surface area contributed by atoms with Gasteiger partial charge in [0.15, 0.2) is 0 Å². The summed E-state index contributed by atoms with van der Waals surface area (Å²) in [7, 11) is 0. The maximum absolute atomic E-state index is 11.4. The lowest BCUT2D eigenvalue weighted by Crippen LogP contribution is -2.29. The van der Waals surface area contributed by atoms with E-state index < -0.39 is 11.2 Å². The van der Waals surface area contributed by atoms with Crippen molar-refractivity contribution in [1.29, 1.82) is 0 Å². The second-order valence-corrected chi connectivity index (χ2v) is 3.47. The monoisotopic (exact) mass is 241 g/mol. The van der Waals surface area contributed by atoms with Crippen LogP contribution < -0.4 is 16.7 Å². The summed E-state index contributed by atoms with van der Waals surface area (Å²) in [5.41, 5.74) is 2.10. The third-order valence-electron chi connectivity index (χ3n) is 2.19. The van der Waals surface area contributed by atoms with E-state index in [1.807, 2.05) is 0 Å². The molecule has 0 aliphatic carbocycles. The summed E-state index contributed by atoms with van der Waals surface area (Å²) in [5, 5.41) is 0. The van der Waals surface area contributed by atoms with Crippen molar-refractivity contribution in [3.05, 3.63) is 32.1 Å². The van der Waals surface area contributed by atoms with Gasteiger partial charge in [0.2, 0.25) is 5.91 Å². The molecule has 0 spiro atoms. The Morgan fingerprint density at radius 2 is 2.06 bits per heavy atom. The molecule has 17 heavy (non-hydrogen) atoms. The quantitative estimate of drug-likeness (QED) is 0.597. The maximum Gasteiger partial charge on any atom is 0.325 e. The number of aromatic amines is 2. The highest BCUT2D eigenvalue weighted by Gasteiger charge is 2.08. The van der Waals surface area contributed by atoms with Gasteiger partial charge in [-0.05, 0) is 20.3 Å². The van der Waals surface area contributed by atoms with Crippen molar-refractivity contribution in [2.75, 3.05) is 6.61 Å². The van der Waals surface area contributed by atoms with Crippen LogP contribution in [-0.4, -0.2) is 22.5 Å². The van der Waals surface area contributed by atoms with Crippen LogP contribution >= 0.6 is 0 Å². The molecule has 0 aliphatic heterocycles. The highest BCUT2D eigenvalue weighted by molar-refractivity contribution is 5.75. The summed E-state index contributed by atoms with van der Waals surface area (Å²) in [4.78, 5) is 42.9. The van der Waals surface area contributed by atoms with E-state index in [-0.39, 0.29) is 18.7 Å². The second kappa shape index (κ2) is 6.00. The lowest BCUT2D eigenvalue weighted by molar-refractivity contribution is -0.133. The van der Waals surface area contributed by atoms with Gasteiger partial charge in [0.1, 0.15) is 0 Å². The van der Waals surface area contributed by atoms with Crippen LogP contribution in [0.25, 0.3) is 0 Å². The van der Waals surface area contributed by atoms with Crippen LogP contribution in [-0.2, 0) is 16.1 Å². The molecule has 0 saturated heterocycles. The van der Waals surface area contributed by atoms with Gasteiger partial charge in [0, 0.05) is 17.7 Å². The molecule has 1 amide bonds. The molecule has 0 radical (unpaired) electrons. The molecule has 0 bridgehead atoms. The molecule has 3 N–H and O–H groups in total. The van der Waals surface area contributed by atoms with Gasteiger partial charge >= 0.3 is 5.69 Å².